The Labute approximate surface area is 109 Å². The van der Waals surface area contributed by atoms with Crippen LogP contribution in [0, 0.1) is 0 Å². The van der Waals surface area contributed by atoms with Crippen molar-refractivity contribution < 1.29 is 9.53 Å². The lowest BCUT2D eigenvalue weighted by atomic mass is 10.1. The highest BCUT2D eigenvalue weighted by atomic mass is 16.5. The predicted octanol–water partition coefficient (Wildman–Crippen LogP) is 3.03. The molecule has 0 fully saturated rings. The molecule has 1 aliphatic heterocycles. The van der Waals surface area contributed by atoms with Crippen LogP contribution in [0.25, 0.3) is 0 Å². The zero-order valence-corrected chi connectivity index (χ0v) is 11.0. The minimum Gasteiger partial charge on any atom is -0.491 e. The summed E-state index contributed by atoms with van der Waals surface area (Å²) in [5, 5.41) is 0. The third-order valence-electron chi connectivity index (χ3n) is 3.24. The van der Waals surface area contributed by atoms with Gasteiger partial charge in [-0.25, -0.2) is 0 Å². The zero-order chi connectivity index (χ0) is 12.8. The number of anilines is 1. The zero-order valence-electron chi connectivity index (χ0n) is 11.0. The summed E-state index contributed by atoms with van der Waals surface area (Å²) in [7, 11) is 0. The molecular formula is C15H21NO2. The molecule has 0 aliphatic carbocycles. The molecule has 0 radical (unpaired) electrons. The molecule has 0 amide bonds. The molecule has 0 aromatic heterocycles. The van der Waals surface area contributed by atoms with Crippen molar-refractivity contribution in [1.82, 2.24) is 0 Å². The monoisotopic (exact) mass is 247 g/mol. The highest BCUT2D eigenvalue weighted by Crippen LogP contribution is 2.30. The molecule has 0 saturated carbocycles. The van der Waals surface area contributed by atoms with E-state index in [1.807, 2.05) is 12.1 Å². The van der Waals surface area contributed by atoms with Crippen LogP contribution in [0.3, 0.4) is 0 Å². The largest absolute Gasteiger partial charge is 0.491 e. The Hall–Kier alpha value is -1.51. The smallest absolute Gasteiger partial charge is 0.142 e. The van der Waals surface area contributed by atoms with Crippen molar-refractivity contribution in [3.63, 3.8) is 0 Å². The SMILES string of the molecule is CC(=O)CCCCN1CCCOc2ccccc21. The number of carbonyl (C=O) groups excluding carboxylic acids is 1. The average molecular weight is 247 g/mol. The third-order valence-corrected chi connectivity index (χ3v) is 3.24. The molecule has 0 saturated heterocycles. The van der Waals surface area contributed by atoms with Crippen LogP contribution in [0.5, 0.6) is 5.75 Å². The molecule has 3 heteroatoms. The lowest BCUT2D eigenvalue weighted by molar-refractivity contribution is -0.117. The van der Waals surface area contributed by atoms with E-state index in [2.05, 4.69) is 17.0 Å². The number of carbonyl (C=O) groups is 1. The van der Waals surface area contributed by atoms with Gasteiger partial charge in [-0.2, -0.15) is 0 Å². The molecule has 0 unspecified atom stereocenters. The number of hydrogen-bond acceptors (Lipinski definition) is 3. The topological polar surface area (TPSA) is 29.5 Å². The summed E-state index contributed by atoms with van der Waals surface area (Å²) in [5.74, 6) is 1.27. The maximum Gasteiger partial charge on any atom is 0.142 e. The molecule has 2 rings (SSSR count). The van der Waals surface area contributed by atoms with E-state index in [1.54, 1.807) is 6.92 Å². The Morgan fingerprint density at radius 1 is 1.33 bits per heavy atom. The summed E-state index contributed by atoms with van der Waals surface area (Å²) < 4.78 is 5.73. The van der Waals surface area contributed by atoms with Crippen molar-refractivity contribution in [3.8, 4) is 5.75 Å². The summed E-state index contributed by atoms with van der Waals surface area (Å²) in [6.07, 6.45) is 3.80. The highest BCUT2D eigenvalue weighted by Gasteiger charge is 2.14. The molecule has 18 heavy (non-hydrogen) atoms. The number of benzene rings is 1. The molecule has 0 N–H and O–H groups in total. The normalized spacial score (nSPS) is 14.6. The Bertz CT molecular complexity index is 403. The summed E-state index contributed by atoms with van der Waals surface area (Å²) in [6, 6.07) is 8.21. The van der Waals surface area contributed by atoms with Gasteiger partial charge < -0.3 is 14.4 Å². The number of rotatable bonds is 5. The molecule has 0 spiro atoms. The van der Waals surface area contributed by atoms with Gasteiger partial charge in [0.05, 0.1) is 12.3 Å². The average Bonchev–Trinajstić information content (AvgIpc) is 2.57. The fourth-order valence-corrected chi connectivity index (χ4v) is 2.31. The number of fused-ring (bicyclic) bond motifs is 1. The fourth-order valence-electron chi connectivity index (χ4n) is 2.31. The minimum absolute atomic E-state index is 0.287. The summed E-state index contributed by atoms with van der Waals surface area (Å²) in [6.45, 7) is 4.50. The molecule has 1 aromatic carbocycles. The van der Waals surface area contributed by atoms with E-state index in [0.29, 0.717) is 6.42 Å². The van der Waals surface area contributed by atoms with Crippen LogP contribution in [-0.2, 0) is 4.79 Å². The standard InChI is InChI=1S/C15H21NO2/c1-13(17)7-4-5-10-16-11-6-12-18-15-9-3-2-8-14(15)16/h2-3,8-9H,4-7,10-12H2,1H3. The van der Waals surface area contributed by atoms with E-state index < -0.39 is 0 Å². The fraction of sp³-hybridized carbons (Fsp3) is 0.533. The van der Waals surface area contributed by atoms with E-state index >= 15 is 0 Å². The van der Waals surface area contributed by atoms with Crippen LogP contribution in [0.1, 0.15) is 32.6 Å². The van der Waals surface area contributed by atoms with Crippen LogP contribution in [0.4, 0.5) is 5.69 Å². The lowest BCUT2D eigenvalue weighted by Gasteiger charge is -2.23. The predicted molar refractivity (Wildman–Crippen MR) is 73.3 cm³/mol. The van der Waals surface area contributed by atoms with Crippen molar-refractivity contribution in [3.05, 3.63) is 24.3 Å². The van der Waals surface area contributed by atoms with Crippen LogP contribution in [0.2, 0.25) is 0 Å². The number of hydrogen-bond donors (Lipinski definition) is 0. The quantitative estimate of drug-likeness (QED) is 0.749. The van der Waals surface area contributed by atoms with Gasteiger partial charge in [-0.05, 0) is 38.3 Å². The van der Waals surface area contributed by atoms with Crippen molar-refractivity contribution in [2.24, 2.45) is 0 Å². The summed E-state index contributed by atoms with van der Waals surface area (Å²) in [5.41, 5.74) is 1.19. The first-order chi connectivity index (χ1) is 8.77. The molecular weight excluding hydrogens is 226 g/mol. The first kappa shape index (κ1) is 12.9. The van der Waals surface area contributed by atoms with Crippen LogP contribution < -0.4 is 9.64 Å². The Kier molecular flexibility index (Phi) is 4.62. The van der Waals surface area contributed by atoms with E-state index in [4.69, 9.17) is 4.74 Å². The van der Waals surface area contributed by atoms with Gasteiger partial charge in [-0.3, -0.25) is 0 Å². The van der Waals surface area contributed by atoms with Gasteiger partial charge in [0, 0.05) is 19.5 Å². The molecule has 0 bridgehead atoms. The van der Waals surface area contributed by atoms with Crippen LogP contribution >= 0.6 is 0 Å². The van der Waals surface area contributed by atoms with Gasteiger partial charge in [0.1, 0.15) is 11.5 Å². The lowest BCUT2D eigenvalue weighted by Crippen LogP contribution is -2.25. The van der Waals surface area contributed by atoms with Gasteiger partial charge in [-0.1, -0.05) is 12.1 Å². The molecule has 1 aliphatic rings. The summed E-state index contributed by atoms with van der Waals surface area (Å²) >= 11 is 0. The second-order valence-electron chi connectivity index (χ2n) is 4.82. The van der Waals surface area contributed by atoms with E-state index in [0.717, 1.165) is 44.7 Å². The van der Waals surface area contributed by atoms with E-state index in [-0.39, 0.29) is 5.78 Å². The number of nitrogens with zero attached hydrogens (tertiary/aromatic N) is 1. The molecule has 1 aromatic rings. The van der Waals surface area contributed by atoms with Crippen LogP contribution in [0.15, 0.2) is 24.3 Å². The Morgan fingerprint density at radius 2 is 2.17 bits per heavy atom. The molecule has 0 atom stereocenters. The Morgan fingerprint density at radius 3 is 3.00 bits per heavy atom. The first-order valence-electron chi connectivity index (χ1n) is 6.73. The molecule has 98 valence electrons. The Balaban J connectivity index is 1.93. The van der Waals surface area contributed by atoms with E-state index in [1.165, 1.54) is 5.69 Å². The van der Waals surface area contributed by atoms with Crippen molar-refractivity contribution in [1.29, 1.82) is 0 Å². The maximum absolute atomic E-state index is 10.9. The maximum atomic E-state index is 10.9. The van der Waals surface area contributed by atoms with Crippen LogP contribution in [-0.4, -0.2) is 25.5 Å². The van der Waals surface area contributed by atoms with Gasteiger partial charge in [0.15, 0.2) is 0 Å². The van der Waals surface area contributed by atoms with Gasteiger partial charge in [0.25, 0.3) is 0 Å². The first-order valence-corrected chi connectivity index (χ1v) is 6.73. The molecule has 3 nitrogen and oxygen atoms in total. The number of Topliss-reactive ketones (excluding diaryl/α,β-unsaturated/α-hetero) is 1. The van der Waals surface area contributed by atoms with Gasteiger partial charge in [0.2, 0.25) is 0 Å². The number of unbranched alkanes of at least 4 members (excludes halogenated alkanes) is 1. The number of para-hydroxylation sites is 2. The highest BCUT2D eigenvalue weighted by molar-refractivity contribution is 5.75. The number of ether oxygens (including phenoxy) is 1. The van der Waals surface area contributed by atoms with Crippen molar-refractivity contribution >= 4 is 11.5 Å². The van der Waals surface area contributed by atoms with Gasteiger partial charge >= 0.3 is 0 Å². The minimum atomic E-state index is 0.287. The van der Waals surface area contributed by atoms with Gasteiger partial charge in [-0.15, -0.1) is 0 Å². The summed E-state index contributed by atoms with van der Waals surface area (Å²) in [4.78, 5) is 13.3. The second kappa shape index (κ2) is 6.43. The number of ketones is 1. The second-order valence-corrected chi connectivity index (χ2v) is 4.82. The van der Waals surface area contributed by atoms with Crippen molar-refractivity contribution in [2.75, 3.05) is 24.6 Å². The third kappa shape index (κ3) is 3.49. The van der Waals surface area contributed by atoms with E-state index in [9.17, 15) is 4.79 Å². The van der Waals surface area contributed by atoms with Crippen molar-refractivity contribution in [2.45, 2.75) is 32.6 Å². The molecule has 1 heterocycles.